The van der Waals surface area contributed by atoms with Crippen LogP contribution in [0.5, 0.6) is 0 Å². The van der Waals surface area contributed by atoms with Crippen molar-refractivity contribution in [3.05, 3.63) is 48.6 Å². The van der Waals surface area contributed by atoms with Gasteiger partial charge in [-0.2, -0.15) is 8.78 Å². The minimum absolute atomic E-state index is 0.0401. The molecule has 0 fully saturated rings. The van der Waals surface area contributed by atoms with Gasteiger partial charge in [0.1, 0.15) is 0 Å². The average Bonchev–Trinajstić information content (AvgIpc) is 2.55. The van der Waals surface area contributed by atoms with Crippen LogP contribution in [0.1, 0.15) is 58.3 Å². The van der Waals surface area contributed by atoms with Crippen molar-refractivity contribution in [1.29, 1.82) is 0 Å². The predicted octanol–water partition coefficient (Wildman–Crippen LogP) is 5.43. The van der Waals surface area contributed by atoms with Crippen molar-refractivity contribution in [2.45, 2.75) is 70.3 Å². The minimum Gasteiger partial charge on any atom is -0.477 e. The molecule has 0 aromatic rings. The van der Waals surface area contributed by atoms with E-state index in [1.807, 2.05) is 30.4 Å². The fourth-order valence-electron chi connectivity index (χ4n) is 1.98. The number of unbranched alkanes of at least 4 members (excludes halogenated alkanes) is 2. The van der Waals surface area contributed by atoms with Gasteiger partial charge in [0.15, 0.2) is 0 Å². The first-order valence-electron chi connectivity index (χ1n) is 8.82. The molecule has 0 aromatic heterocycles. The Balaban J connectivity index is 3.75. The number of carboxylic acid groups (broad SMARTS) is 1. The Morgan fingerprint density at radius 3 is 2.32 bits per heavy atom. The summed E-state index contributed by atoms with van der Waals surface area (Å²) in [7, 11) is 0. The third-order valence-electron chi connectivity index (χ3n) is 3.50. The largest absolute Gasteiger partial charge is 0.477 e. The molecule has 0 saturated heterocycles. The topological polar surface area (TPSA) is 57.5 Å². The molecule has 142 valence electrons. The summed E-state index contributed by atoms with van der Waals surface area (Å²) in [5.74, 6) is -5.72. The Bertz CT molecular complexity index is 466. The summed E-state index contributed by atoms with van der Waals surface area (Å²) < 4.78 is 25.6. The van der Waals surface area contributed by atoms with Crippen LogP contribution in [-0.2, 0) is 4.79 Å². The highest BCUT2D eigenvalue weighted by molar-refractivity contribution is 5.75. The van der Waals surface area contributed by atoms with Crippen LogP contribution in [0.25, 0.3) is 0 Å². The number of rotatable bonds is 14. The lowest BCUT2D eigenvalue weighted by Gasteiger charge is -2.08. The SMILES string of the molecule is CCCCCC(O)/C=C/C=C/C/C=C/C/C=C/CCC(F)(F)C(=O)O. The summed E-state index contributed by atoms with van der Waals surface area (Å²) in [4.78, 5) is 10.2. The number of halogens is 2. The molecule has 0 aliphatic heterocycles. The van der Waals surface area contributed by atoms with Gasteiger partial charge in [0, 0.05) is 6.42 Å². The molecule has 0 saturated carbocycles. The first-order chi connectivity index (χ1) is 11.9. The van der Waals surface area contributed by atoms with E-state index in [0.29, 0.717) is 6.42 Å². The summed E-state index contributed by atoms with van der Waals surface area (Å²) in [5.41, 5.74) is 0. The molecule has 0 aliphatic carbocycles. The van der Waals surface area contributed by atoms with Gasteiger partial charge in [-0.1, -0.05) is 74.8 Å². The highest BCUT2D eigenvalue weighted by atomic mass is 19.3. The van der Waals surface area contributed by atoms with Gasteiger partial charge in [-0.05, 0) is 25.7 Å². The minimum atomic E-state index is -3.65. The van der Waals surface area contributed by atoms with Gasteiger partial charge in [0.2, 0.25) is 0 Å². The van der Waals surface area contributed by atoms with E-state index >= 15 is 0 Å². The van der Waals surface area contributed by atoms with E-state index in [1.54, 1.807) is 18.2 Å². The molecule has 3 nitrogen and oxygen atoms in total. The molecular weight excluding hydrogens is 326 g/mol. The average molecular weight is 356 g/mol. The molecule has 1 unspecified atom stereocenters. The second kappa shape index (κ2) is 14.6. The van der Waals surface area contributed by atoms with Crippen LogP contribution in [0.2, 0.25) is 0 Å². The fraction of sp³-hybridized carbons (Fsp3) is 0.550. The number of hydrogen-bond acceptors (Lipinski definition) is 2. The van der Waals surface area contributed by atoms with E-state index in [1.165, 1.54) is 0 Å². The zero-order chi connectivity index (χ0) is 19.0. The van der Waals surface area contributed by atoms with Crippen molar-refractivity contribution in [3.8, 4) is 0 Å². The normalized spacial score (nSPS) is 14.4. The first-order valence-corrected chi connectivity index (χ1v) is 8.82. The Labute approximate surface area is 149 Å². The fourth-order valence-corrected chi connectivity index (χ4v) is 1.98. The molecule has 0 heterocycles. The molecule has 0 spiro atoms. The molecule has 0 rings (SSSR count). The maximum atomic E-state index is 12.8. The van der Waals surface area contributed by atoms with E-state index in [2.05, 4.69) is 6.92 Å². The maximum absolute atomic E-state index is 12.8. The molecule has 0 amide bonds. The number of aliphatic hydroxyl groups is 1. The third-order valence-corrected chi connectivity index (χ3v) is 3.50. The number of aliphatic carboxylic acids is 1. The first kappa shape index (κ1) is 23.2. The lowest BCUT2D eigenvalue weighted by molar-refractivity contribution is -0.165. The van der Waals surface area contributed by atoms with E-state index in [0.717, 1.165) is 32.1 Å². The molecule has 0 radical (unpaired) electrons. The van der Waals surface area contributed by atoms with E-state index in [9.17, 15) is 18.7 Å². The Hall–Kier alpha value is -1.75. The van der Waals surface area contributed by atoms with Gasteiger partial charge in [-0.25, -0.2) is 4.79 Å². The molecule has 0 bridgehead atoms. The summed E-state index contributed by atoms with van der Waals surface area (Å²) >= 11 is 0. The summed E-state index contributed by atoms with van der Waals surface area (Å²) in [6.07, 6.45) is 19.1. The highest BCUT2D eigenvalue weighted by Crippen LogP contribution is 2.20. The number of hydrogen-bond donors (Lipinski definition) is 2. The number of carbonyl (C=O) groups is 1. The highest BCUT2D eigenvalue weighted by Gasteiger charge is 2.37. The van der Waals surface area contributed by atoms with E-state index in [4.69, 9.17) is 5.11 Å². The van der Waals surface area contributed by atoms with Gasteiger partial charge < -0.3 is 10.2 Å². The number of aliphatic hydroxyl groups excluding tert-OH is 1. The van der Waals surface area contributed by atoms with Crippen LogP contribution in [-0.4, -0.2) is 28.2 Å². The van der Waals surface area contributed by atoms with Crippen molar-refractivity contribution in [1.82, 2.24) is 0 Å². The monoisotopic (exact) mass is 356 g/mol. The van der Waals surface area contributed by atoms with Crippen molar-refractivity contribution in [2.75, 3.05) is 0 Å². The van der Waals surface area contributed by atoms with Crippen molar-refractivity contribution in [3.63, 3.8) is 0 Å². The number of allylic oxidation sites excluding steroid dienone is 7. The Morgan fingerprint density at radius 1 is 1.04 bits per heavy atom. The Kier molecular flexibility index (Phi) is 13.6. The van der Waals surface area contributed by atoms with Crippen molar-refractivity contribution < 1.29 is 23.8 Å². The van der Waals surface area contributed by atoms with Gasteiger partial charge >= 0.3 is 11.9 Å². The molecule has 25 heavy (non-hydrogen) atoms. The van der Waals surface area contributed by atoms with Crippen LogP contribution in [0.3, 0.4) is 0 Å². The predicted molar refractivity (Wildman–Crippen MR) is 97.8 cm³/mol. The Morgan fingerprint density at radius 2 is 1.68 bits per heavy atom. The molecule has 2 N–H and O–H groups in total. The lowest BCUT2D eigenvalue weighted by atomic mass is 10.1. The standard InChI is InChI=1S/C20H30F2O3/c1-2-3-12-15-18(23)16-13-10-8-6-4-5-7-9-11-14-17-20(21,22)19(24)25/h4-5,8-11,13,16,18,23H,2-3,6-7,12,14-15,17H2,1H3,(H,24,25)/b5-4+,10-8+,11-9+,16-13+. The van der Waals surface area contributed by atoms with Crippen molar-refractivity contribution in [2.24, 2.45) is 0 Å². The van der Waals surface area contributed by atoms with Crippen LogP contribution < -0.4 is 0 Å². The third kappa shape index (κ3) is 14.3. The maximum Gasteiger partial charge on any atom is 0.374 e. The smallest absolute Gasteiger partial charge is 0.374 e. The quantitative estimate of drug-likeness (QED) is 0.248. The van der Waals surface area contributed by atoms with E-state index < -0.39 is 18.3 Å². The van der Waals surface area contributed by atoms with Crippen LogP contribution in [0.4, 0.5) is 8.78 Å². The van der Waals surface area contributed by atoms with E-state index in [-0.39, 0.29) is 12.5 Å². The molecule has 1 atom stereocenters. The number of carboxylic acids is 1. The summed E-state index contributed by atoms with van der Waals surface area (Å²) in [5, 5.41) is 17.9. The zero-order valence-electron chi connectivity index (χ0n) is 14.9. The number of alkyl halides is 2. The van der Waals surface area contributed by atoms with Gasteiger partial charge in [-0.3, -0.25) is 0 Å². The van der Waals surface area contributed by atoms with Crippen molar-refractivity contribution >= 4 is 5.97 Å². The van der Waals surface area contributed by atoms with Crippen LogP contribution in [0, 0.1) is 0 Å². The van der Waals surface area contributed by atoms with Gasteiger partial charge in [-0.15, -0.1) is 0 Å². The van der Waals surface area contributed by atoms with Crippen LogP contribution >= 0.6 is 0 Å². The second-order valence-corrected chi connectivity index (χ2v) is 5.84. The zero-order valence-corrected chi connectivity index (χ0v) is 14.9. The molecular formula is C20H30F2O3. The van der Waals surface area contributed by atoms with Gasteiger partial charge in [0.25, 0.3) is 0 Å². The molecule has 0 aliphatic rings. The second-order valence-electron chi connectivity index (χ2n) is 5.84. The lowest BCUT2D eigenvalue weighted by Crippen LogP contribution is -2.27. The van der Waals surface area contributed by atoms with Gasteiger partial charge in [0.05, 0.1) is 6.10 Å². The summed E-state index contributed by atoms with van der Waals surface area (Å²) in [6.45, 7) is 2.13. The summed E-state index contributed by atoms with van der Waals surface area (Å²) in [6, 6.07) is 0. The molecule has 0 aromatic carbocycles. The van der Waals surface area contributed by atoms with Crippen LogP contribution in [0.15, 0.2) is 48.6 Å². The molecule has 5 heteroatoms.